The molecule has 0 amide bonds. The van der Waals surface area contributed by atoms with Gasteiger partial charge in [0.05, 0.1) is 5.69 Å². The quantitative estimate of drug-likeness (QED) is 0.793. The van der Waals surface area contributed by atoms with Crippen LogP contribution in [0.25, 0.3) is 0 Å². The molecule has 1 N–H and O–H groups in total. The van der Waals surface area contributed by atoms with E-state index in [0.29, 0.717) is 13.0 Å². The molecule has 0 spiro atoms. The van der Waals surface area contributed by atoms with Crippen molar-refractivity contribution in [1.29, 1.82) is 0 Å². The molecule has 1 aromatic heterocycles. The van der Waals surface area contributed by atoms with Crippen LogP contribution in [0.3, 0.4) is 0 Å². The van der Waals surface area contributed by atoms with Crippen LogP contribution in [0.5, 0.6) is 0 Å². The minimum absolute atomic E-state index is 0.440. The van der Waals surface area contributed by atoms with Gasteiger partial charge in [0.25, 0.3) is 6.43 Å². The number of halogens is 2. The van der Waals surface area contributed by atoms with Crippen LogP contribution in [0, 0.1) is 0 Å². The van der Waals surface area contributed by atoms with Crippen LogP contribution in [-0.4, -0.2) is 22.8 Å². The van der Waals surface area contributed by atoms with Crippen molar-refractivity contribution in [2.45, 2.75) is 32.2 Å². The van der Waals surface area contributed by atoms with E-state index in [4.69, 9.17) is 0 Å². The molecule has 0 bridgehead atoms. The Balaban J connectivity index is 2.33. The summed E-state index contributed by atoms with van der Waals surface area (Å²) in [7, 11) is 0. The van der Waals surface area contributed by atoms with Gasteiger partial charge in [-0.15, -0.1) is 0 Å². The zero-order chi connectivity index (χ0) is 10.1. The van der Waals surface area contributed by atoms with E-state index in [2.05, 4.69) is 10.4 Å². The second kappa shape index (κ2) is 3.55. The normalized spacial score (nSPS) is 20.7. The van der Waals surface area contributed by atoms with E-state index in [1.807, 2.05) is 13.0 Å². The minimum atomic E-state index is -2.33. The molecule has 0 aromatic carbocycles. The lowest BCUT2D eigenvalue weighted by Gasteiger charge is -2.24. The number of nitrogens with one attached hydrogen (secondary N) is 1. The molecule has 1 unspecified atom stereocenters. The van der Waals surface area contributed by atoms with E-state index in [1.165, 1.54) is 4.68 Å². The molecule has 2 rings (SSSR count). The summed E-state index contributed by atoms with van der Waals surface area (Å²) in [5, 5.41) is 7.22. The van der Waals surface area contributed by atoms with Gasteiger partial charge in [0.15, 0.2) is 0 Å². The largest absolute Gasteiger partial charge is 0.370 e. The summed E-state index contributed by atoms with van der Waals surface area (Å²) in [6.45, 7) is 2.57. The summed E-state index contributed by atoms with van der Waals surface area (Å²) in [6.07, 6.45) is -1.12. The molecule has 0 aliphatic carbocycles. The average Bonchev–Trinajstić information content (AvgIpc) is 2.59. The lowest BCUT2D eigenvalue weighted by Crippen LogP contribution is -2.28. The van der Waals surface area contributed by atoms with Crippen LogP contribution in [0.4, 0.5) is 14.6 Å². The van der Waals surface area contributed by atoms with Crippen molar-refractivity contribution >= 4 is 5.82 Å². The van der Waals surface area contributed by atoms with Gasteiger partial charge >= 0.3 is 0 Å². The highest BCUT2D eigenvalue weighted by atomic mass is 19.3. The molecule has 1 aliphatic heterocycles. The third-order valence-corrected chi connectivity index (χ3v) is 2.50. The molecule has 1 aliphatic rings. The van der Waals surface area contributed by atoms with Gasteiger partial charge in [-0.2, -0.15) is 5.10 Å². The van der Waals surface area contributed by atoms with Crippen molar-refractivity contribution in [3.05, 3.63) is 11.8 Å². The van der Waals surface area contributed by atoms with E-state index in [-0.39, 0.29) is 0 Å². The van der Waals surface area contributed by atoms with Crippen molar-refractivity contribution in [1.82, 2.24) is 9.78 Å². The first-order chi connectivity index (χ1) is 6.72. The van der Waals surface area contributed by atoms with Gasteiger partial charge in [-0.3, -0.25) is 0 Å². The Bertz CT molecular complexity index is 322. The second-order valence-corrected chi connectivity index (χ2v) is 3.44. The van der Waals surface area contributed by atoms with Gasteiger partial charge in [-0.05, 0) is 12.8 Å². The maximum absolute atomic E-state index is 12.6. The number of hydrogen-bond acceptors (Lipinski definition) is 2. The number of alkyl halides is 2. The Morgan fingerprint density at radius 2 is 2.50 bits per heavy atom. The van der Waals surface area contributed by atoms with Gasteiger partial charge in [0.2, 0.25) is 0 Å². The van der Waals surface area contributed by atoms with Gasteiger partial charge in [-0.25, -0.2) is 13.5 Å². The number of fused-ring (bicyclic) bond motifs is 1. The Kier molecular flexibility index (Phi) is 2.39. The SMILES string of the molecule is CCc1cc2n(n1)C(C(F)F)CCN2. The Hall–Kier alpha value is -1.13. The van der Waals surface area contributed by atoms with Crippen LogP contribution in [-0.2, 0) is 6.42 Å². The number of nitrogens with zero attached hydrogens (tertiary/aromatic N) is 2. The van der Waals surface area contributed by atoms with Crippen molar-refractivity contribution in [3.63, 3.8) is 0 Å². The van der Waals surface area contributed by atoms with Crippen LogP contribution < -0.4 is 5.32 Å². The first-order valence-electron chi connectivity index (χ1n) is 4.82. The predicted octanol–water partition coefficient (Wildman–Crippen LogP) is 2.07. The molecule has 0 fully saturated rings. The molecule has 0 radical (unpaired) electrons. The number of rotatable bonds is 2. The molecule has 5 heteroatoms. The van der Waals surface area contributed by atoms with Gasteiger partial charge in [0.1, 0.15) is 11.9 Å². The third-order valence-electron chi connectivity index (χ3n) is 2.50. The van der Waals surface area contributed by atoms with Crippen molar-refractivity contribution < 1.29 is 8.78 Å². The summed E-state index contributed by atoms with van der Waals surface area (Å²) < 4.78 is 26.7. The third kappa shape index (κ3) is 1.47. The van der Waals surface area contributed by atoms with Crippen LogP contribution >= 0.6 is 0 Å². The summed E-state index contributed by atoms with van der Waals surface area (Å²) in [5.41, 5.74) is 0.861. The molecule has 78 valence electrons. The molecule has 14 heavy (non-hydrogen) atoms. The van der Waals surface area contributed by atoms with Crippen LogP contribution in [0.1, 0.15) is 25.1 Å². The summed E-state index contributed by atoms with van der Waals surface area (Å²) >= 11 is 0. The summed E-state index contributed by atoms with van der Waals surface area (Å²) in [4.78, 5) is 0. The lowest BCUT2D eigenvalue weighted by atomic mass is 10.2. The van der Waals surface area contributed by atoms with E-state index >= 15 is 0 Å². The number of hydrogen-bond donors (Lipinski definition) is 1. The number of aryl methyl sites for hydroxylation is 1. The first-order valence-corrected chi connectivity index (χ1v) is 4.82. The van der Waals surface area contributed by atoms with Gasteiger partial charge in [0, 0.05) is 12.6 Å². The fourth-order valence-corrected chi connectivity index (χ4v) is 1.71. The standard InChI is InChI=1S/C9H13F2N3/c1-2-6-5-8-12-4-3-7(9(10)11)14(8)13-6/h5,7,9,12H,2-4H2,1H3. The molecule has 0 saturated heterocycles. The predicted molar refractivity (Wildman–Crippen MR) is 49.8 cm³/mol. The molecular formula is C9H13F2N3. The van der Waals surface area contributed by atoms with Crippen molar-refractivity contribution in [3.8, 4) is 0 Å². The molecule has 2 heterocycles. The summed E-state index contributed by atoms with van der Waals surface area (Å²) in [6, 6.07) is 1.08. The van der Waals surface area contributed by atoms with Crippen molar-refractivity contribution in [2.24, 2.45) is 0 Å². The Labute approximate surface area is 81.1 Å². The second-order valence-electron chi connectivity index (χ2n) is 3.44. The fourth-order valence-electron chi connectivity index (χ4n) is 1.71. The highest BCUT2D eigenvalue weighted by molar-refractivity contribution is 5.39. The topological polar surface area (TPSA) is 29.9 Å². The zero-order valence-electron chi connectivity index (χ0n) is 8.00. The van der Waals surface area contributed by atoms with Gasteiger partial charge in [-0.1, -0.05) is 6.92 Å². The van der Waals surface area contributed by atoms with Crippen LogP contribution in [0.2, 0.25) is 0 Å². The highest BCUT2D eigenvalue weighted by Crippen LogP contribution is 2.28. The van der Waals surface area contributed by atoms with Crippen molar-refractivity contribution in [2.75, 3.05) is 11.9 Å². The fraction of sp³-hybridized carbons (Fsp3) is 0.667. The molecule has 1 aromatic rings. The van der Waals surface area contributed by atoms with Gasteiger partial charge < -0.3 is 5.32 Å². The number of anilines is 1. The molecule has 0 saturated carbocycles. The monoisotopic (exact) mass is 201 g/mol. The molecule has 3 nitrogen and oxygen atoms in total. The maximum atomic E-state index is 12.6. The van der Waals surface area contributed by atoms with E-state index in [1.54, 1.807) is 0 Å². The average molecular weight is 201 g/mol. The maximum Gasteiger partial charge on any atom is 0.260 e. The van der Waals surface area contributed by atoms with E-state index in [0.717, 1.165) is 17.9 Å². The molecule has 1 atom stereocenters. The molecular weight excluding hydrogens is 188 g/mol. The Morgan fingerprint density at radius 3 is 3.14 bits per heavy atom. The van der Waals surface area contributed by atoms with E-state index in [9.17, 15) is 8.78 Å². The smallest absolute Gasteiger partial charge is 0.260 e. The summed E-state index contributed by atoms with van der Waals surface area (Å²) in [5.74, 6) is 0.721. The number of aromatic nitrogens is 2. The lowest BCUT2D eigenvalue weighted by molar-refractivity contribution is 0.0713. The van der Waals surface area contributed by atoms with Crippen LogP contribution in [0.15, 0.2) is 6.07 Å². The Morgan fingerprint density at radius 1 is 1.71 bits per heavy atom. The highest BCUT2D eigenvalue weighted by Gasteiger charge is 2.28. The minimum Gasteiger partial charge on any atom is -0.370 e. The first kappa shape index (κ1) is 9.43. The van der Waals surface area contributed by atoms with E-state index < -0.39 is 12.5 Å². The zero-order valence-corrected chi connectivity index (χ0v) is 8.00.